The fourth-order valence-corrected chi connectivity index (χ4v) is 4.85. The molecular formula is C19H18ClF3N2O4S. The molecule has 1 amide bonds. The second-order valence-electron chi connectivity index (χ2n) is 6.64. The fraction of sp³-hybridized carbons (Fsp3) is 0.316. The average molecular weight is 463 g/mol. The largest absolute Gasteiger partial charge is 0.417 e. The monoisotopic (exact) mass is 462 g/mol. The fourth-order valence-electron chi connectivity index (χ4n) is 2.97. The van der Waals surface area contributed by atoms with Gasteiger partial charge in [0.05, 0.1) is 28.7 Å². The number of halogens is 4. The first-order valence-corrected chi connectivity index (χ1v) is 10.7. The molecule has 0 spiro atoms. The molecule has 1 N–H and O–H groups in total. The van der Waals surface area contributed by atoms with Crippen LogP contribution in [0.2, 0.25) is 5.02 Å². The first kappa shape index (κ1) is 22.5. The quantitative estimate of drug-likeness (QED) is 0.746. The molecule has 1 saturated heterocycles. The highest BCUT2D eigenvalue weighted by molar-refractivity contribution is 7.89. The van der Waals surface area contributed by atoms with Crippen LogP contribution in [-0.2, 0) is 20.9 Å². The van der Waals surface area contributed by atoms with Crippen LogP contribution in [0.4, 0.5) is 18.9 Å². The van der Waals surface area contributed by atoms with Gasteiger partial charge in [0.2, 0.25) is 10.0 Å². The minimum atomic E-state index is -4.68. The van der Waals surface area contributed by atoms with E-state index >= 15 is 0 Å². The maximum absolute atomic E-state index is 13.0. The second-order valence-corrected chi connectivity index (χ2v) is 8.96. The lowest BCUT2D eigenvalue weighted by Gasteiger charge is -2.26. The summed E-state index contributed by atoms with van der Waals surface area (Å²) in [6.07, 6.45) is -4.68. The van der Waals surface area contributed by atoms with Crippen LogP contribution >= 0.6 is 11.6 Å². The number of hydrogen-bond acceptors (Lipinski definition) is 4. The van der Waals surface area contributed by atoms with Crippen LogP contribution in [0.5, 0.6) is 0 Å². The number of anilines is 1. The Labute approximate surface area is 176 Å². The van der Waals surface area contributed by atoms with Gasteiger partial charge in [-0.3, -0.25) is 4.79 Å². The molecule has 0 unspecified atom stereocenters. The number of aryl methyl sites for hydroxylation is 1. The third-order valence-electron chi connectivity index (χ3n) is 4.57. The molecule has 6 nitrogen and oxygen atoms in total. The number of nitrogens with zero attached hydrogens (tertiary/aromatic N) is 1. The minimum absolute atomic E-state index is 0.00376. The Morgan fingerprint density at radius 2 is 1.80 bits per heavy atom. The summed E-state index contributed by atoms with van der Waals surface area (Å²) in [6.45, 7) is 2.54. The van der Waals surface area contributed by atoms with Gasteiger partial charge in [-0.25, -0.2) is 8.42 Å². The van der Waals surface area contributed by atoms with E-state index in [4.69, 9.17) is 16.3 Å². The Hall–Kier alpha value is -2.14. The van der Waals surface area contributed by atoms with Crippen molar-refractivity contribution in [3.05, 3.63) is 58.1 Å². The molecule has 1 aliphatic heterocycles. The van der Waals surface area contributed by atoms with Crippen molar-refractivity contribution < 1.29 is 31.1 Å². The van der Waals surface area contributed by atoms with Crippen molar-refractivity contribution in [2.45, 2.75) is 18.0 Å². The van der Waals surface area contributed by atoms with Gasteiger partial charge in [-0.1, -0.05) is 17.7 Å². The highest BCUT2D eigenvalue weighted by Gasteiger charge is 2.33. The normalized spacial score (nSPS) is 15.8. The molecule has 0 bridgehead atoms. The zero-order valence-electron chi connectivity index (χ0n) is 15.8. The summed E-state index contributed by atoms with van der Waals surface area (Å²) >= 11 is 5.58. The summed E-state index contributed by atoms with van der Waals surface area (Å²) in [5.41, 5.74) is -0.754. The summed E-state index contributed by atoms with van der Waals surface area (Å²) in [5.74, 6) is -0.746. The van der Waals surface area contributed by atoms with Crippen molar-refractivity contribution in [1.82, 2.24) is 4.31 Å². The van der Waals surface area contributed by atoms with Gasteiger partial charge in [-0.2, -0.15) is 17.5 Å². The van der Waals surface area contributed by atoms with Crippen molar-refractivity contribution in [3.63, 3.8) is 0 Å². The molecule has 1 heterocycles. The number of alkyl halides is 3. The number of nitrogens with one attached hydrogen (secondary N) is 1. The standard InChI is InChI=1S/C19H18ClF3N2O4S/c1-12-2-3-13(10-17(12)30(27,28)25-6-8-29-9-7-25)18(26)24-14-4-5-16(20)15(11-14)19(21,22)23/h2-5,10-11H,6-9H2,1H3,(H,24,26). The molecule has 3 rings (SSSR count). The van der Waals surface area contributed by atoms with Gasteiger partial charge in [-0.05, 0) is 42.8 Å². The molecule has 0 atom stereocenters. The Kier molecular flexibility index (Phi) is 6.42. The highest BCUT2D eigenvalue weighted by atomic mass is 35.5. The van der Waals surface area contributed by atoms with Crippen LogP contribution in [0.3, 0.4) is 0 Å². The van der Waals surface area contributed by atoms with E-state index in [0.29, 0.717) is 5.56 Å². The Bertz CT molecular complexity index is 1070. The predicted octanol–water partition coefficient (Wildman–Crippen LogP) is 3.94. The van der Waals surface area contributed by atoms with Gasteiger partial charge >= 0.3 is 6.18 Å². The summed E-state index contributed by atoms with van der Waals surface area (Å²) in [7, 11) is -3.85. The zero-order chi connectivity index (χ0) is 22.1. The van der Waals surface area contributed by atoms with Crippen molar-refractivity contribution in [2.75, 3.05) is 31.6 Å². The predicted molar refractivity (Wildman–Crippen MR) is 105 cm³/mol. The molecule has 0 aromatic heterocycles. The molecule has 162 valence electrons. The number of morpholine rings is 1. The van der Waals surface area contributed by atoms with Gasteiger partial charge in [-0.15, -0.1) is 0 Å². The first-order valence-electron chi connectivity index (χ1n) is 8.87. The SMILES string of the molecule is Cc1ccc(C(=O)Nc2ccc(Cl)c(C(F)(F)F)c2)cc1S(=O)(=O)N1CCOCC1. The van der Waals surface area contributed by atoms with E-state index in [-0.39, 0.29) is 42.4 Å². The van der Waals surface area contributed by atoms with Gasteiger partial charge in [0.1, 0.15) is 0 Å². The number of hydrogen-bond donors (Lipinski definition) is 1. The van der Waals surface area contributed by atoms with Crippen LogP contribution in [0.25, 0.3) is 0 Å². The van der Waals surface area contributed by atoms with E-state index in [9.17, 15) is 26.4 Å². The number of benzene rings is 2. The Morgan fingerprint density at radius 1 is 1.13 bits per heavy atom. The van der Waals surface area contributed by atoms with Crippen LogP contribution in [0.1, 0.15) is 21.5 Å². The van der Waals surface area contributed by atoms with E-state index in [2.05, 4.69) is 5.32 Å². The molecule has 2 aromatic rings. The van der Waals surface area contributed by atoms with E-state index in [0.717, 1.165) is 12.1 Å². The molecule has 11 heteroatoms. The van der Waals surface area contributed by atoms with E-state index in [1.165, 1.54) is 28.6 Å². The van der Waals surface area contributed by atoms with E-state index < -0.39 is 32.7 Å². The van der Waals surface area contributed by atoms with Crippen LogP contribution in [0.15, 0.2) is 41.3 Å². The van der Waals surface area contributed by atoms with Crippen LogP contribution < -0.4 is 5.32 Å². The molecule has 1 fully saturated rings. The number of sulfonamides is 1. The van der Waals surface area contributed by atoms with Crippen LogP contribution in [-0.4, -0.2) is 44.9 Å². The van der Waals surface area contributed by atoms with Gasteiger partial charge in [0, 0.05) is 24.3 Å². The van der Waals surface area contributed by atoms with E-state index in [1.807, 2.05) is 0 Å². The second kappa shape index (κ2) is 8.54. The molecule has 0 radical (unpaired) electrons. The first-order chi connectivity index (χ1) is 14.0. The van der Waals surface area contributed by atoms with E-state index in [1.54, 1.807) is 6.92 Å². The minimum Gasteiger partial charge on any atom is -0.379 e. The summed E-state index contributed by atoms with van der Waals surface area (Å²) in [6, 6.07) is 7.09. The average Bonchev–Trinajstić information content (AvgIpc) is 2.69. The summed E-state index contributed by atoms with van der Waals surface area (Å²) in [4.78, 5) is 12.5. The lowest BCUT2D eigenvalue weighted by molar-refractivity contribution is -0.137. The Balaban J connectivity index is 1.88. The number of carbonyl (C=O) groups is 1. The maximum atomic E-state index is 13.0. The molecule has 2 aromatic carbocycles. The van der Waals surface area contributed by atoms with Gasteiger partial charge < -0.3 is 10.1 Å². The van der Waals surface area contributed by atoms with Crippen molar-refractivity contribution in [1.29, 1.82) is 0 Å². The molecule has 1 aliphatic rings. The topological polar surface area (TPSA) is 75.7 Å². The van der Waals surface area contributed by atoms with Crippen molar-refractivity contribution >= 4 is 33.2 Å². The zero-order valence-corrected chi connectivity index (χ0v) is 17.4. The number of rotatable bonds is 4. The molecular weight excluding hydrogens is 445 g/mol. The summed E-state index contributed by atoms with van der Waals surface area (Å²) in [5, 5.41) is 1.86. The number of ether oxygens (including phenoxy) is 1. The van der Waals surface area contributed by atoms with Crippen molar-refractivity contribution in [2.24, 2.45) is 0 Å². The third-order valence-corrected chi connectivity index (χ3v) is 6.94. The van der Waals surface area contributed by atoms with Crippen molar-refractivity contribution in [3.8, 4) is 0 Å². The maximum Gasteiger partial charge on any atom is 0.417 e. The molecule has 30 heavy (non-hydrogen) atoms. The highest BCUT2D eigenvalue weighted by Crippen LogP contribution is 2.36. The summed E-state index contributed by atoms with van der Waals surface area (Å²) < 4.78 is 71.4. The number of carbonyl (C=O) groups excluding carboxylic acids is 1. The molecule has 0 aliphatic carbocycles. The molecule has 0 saturated carbocycles. The van der Waals surface area contributed by atoms with Gasteiger partial charge in [0.25, 0.3) is 5.91 Å². The van der Waals surface area contributed by atoms with Crippen LogP contribution in [0, 0.1) is 6.92 Å². The lowest BCUT2D eigenvalue weighted by atomic mass is 10.1. The number of amides is 1. The Morgan fingerprint density at radius 3 is 2.43 bits per heavy atom. The van der Waals surface area contributed by atoms with Gasteiger partial charge in [0.15, 0.2) is 0 Å². The third kappa shape index (κ3) is 4.77. The lowest BCUT2D eigenvalue weighted by Crippen LogP contribution is -2.40. The smallest absolute Gasteiger partial charge is 0.379 e.